The number of rotatable bonds is 5. The molecule has 1 N–H and O–H groups in total. The van der Waals surface area contributed by atoms with Gasteiger partial charge in [0.25, 0.3) is 0 Å². The van der Waals surface area contributed by atoms with Crippen LogP contribution in [0.15, 0.2) is 48.5 Å². The van der Waals surface area contributed by atoms with Crippen molar-refractivity contribution in [3.63, 3.8) is 0 Å². The number of hydrogen-bond donors (Lipinski definition) is 1. The van der Waals surface area contributed by atoms with Crippen LogP contribution in [0.1, 0.15) is 25.3 Å². The minimum absolute atomic E-state index is 0.286. The first kappa shape index (κ1) is 15.0. The SMILES string of the molecule is CC(O)(CCC#N)c1ccc(Oc2cccc(F)c2)cc1. The first-order valence-corrected chi connectivity index (χ1v) is 6.64. The van der Waals surface area contributed by atoms with Gasteiger partial charge in [-0.3, -0.25) is 0 Å². The van der Waals surface area contributed by atoms with E-state index in [4.69, 9.17) is 10.00 Å². The van der Waals surface area contributed by atoms with Crippen LogP contribution in [0.25, 0.3) is 0 Å². The third-order valence-corrected chi connectivity index (χ3v) is 3.23. The third-order valence-electron chi connectivity index (χ3n) is 3.23. The zero-order chi connectivity index (χ0) is 15.3. The highest BCUT2D eigenvalue weighted by molar-refractivity contribution is 5.34. The quantitative estimate of drug-likeness (QED) is 0.898. The average Bonchev–Trinajstić information content (AvgIpc) is 2.46. The van der Waals surface area contributed by atoms with Crippen molar-refractivity contribution in [1.82, 2.24) is 0 Å². The summed E-state index contributed by atoms with van der Waals surface area (Å²) >= 11 is 0. The Hall–Kier alpha value is -2.38. The third kappa shape index (κ3) is 4.04. The van der Waals surface area contributed by atoms with E-state index in [-0.39, 0.29) is 12.2 Å². The maximum atomic E-state index is 13.1. The van der Waals surface area contributed by atoms with Gasteiger partial charge in [0, 0.05) is 12.5 Å². The average molecular weight is 285 g/mol. The largest absolute Gasteiger partial charge is 0.457 e. The fourth-order valence-electron chi connectivity index (χ4n) is 1.99. The summed E-state index contributed by atoms with van der Waals surface area (Å²) in [5, 5.41) is 18.9. The lowest BCUT2D eigenvalue weighted by molar-refractivity contribution is 0.0492. The van der Waals surface area contributed by atoms with E-state index in [2.05, 4.69) is 0 Å². The van der Waals surface area contributed by atoms with Gasteiger partial charge in [-0.25, -0.2) is 4.39 Å². The second kappa shape index (κ2) is 6.38. The number of nitrogens with zero attached hydrogens (tertiary/aromatic N) is 1. The van der Waals surface area contributed by atoms with Gasteiger partial charge in [0.15, 0.2) is 0 Å². The summed E-state index contributed by atoms with van der Waals surface area (Å²) in [7, 11) is 0. The molecule has 0 fully saturated rings. The highest BCUT2D eigenvalue weighted by Gasteiger charge is 2.22. The Morgan fingerprint density at radius 1 is 1.19 bits per heavy atom. The minimum Gasteiger partial charge on any atom is -0.457 e. The number of aliphatic hydroxyl groups is 1. The Morgan fingerprint density at radius 2 is 1.90 bits per heavy atom. The number of benzene rings is 2. The standard InChI is InChI=1S/C17H16FNO2/c1-17(20,10-3-11-19)13-6-8-15(9-7-13)21-16-5-2-4-14(18)12-16/h2,4-9,12,20H,3,10H2,1H3. The van der Waals surface area contributed by atoms with Crippen molar-refractivity contribution in [3.05, 3.63) is 59.9 Å². The molecule has 2 aromatic carbocycles. The molecule has 0 aliphatic rings. The molecule has 2 rings (SSSR count). The molecule has 0 heterocycles. The van der Waals surface area contributed by atoms with Crippen LogP contribution < -0.4 is 4.74 Å². The molecule has 0 aromatic heterocycles. The summed E-state index contributed by atoms with van der Waals surface area (Å²) < 4.78 is 18.6. The van der Waals surface area contributed by atoms with Crippen molar-refractivity contribution in [2.24, 2.45) is 0 Å². The van der Waals surface area contributed by atoms with Crippen molar-refractivity contribution in [1.29, 1.82) is 5.26 Å². The molecular formula is C17H16FNO2. The topological polar surface area (TPSA) is 53.2 Å². The Balaban J connectivity index is 2.10. The normalized spacial score (nSPS) is 13.2. The van der Waals surface area contributed by atoms with Crippen LogP contribution in [-0.2, 0) is 5.60 Å². The highest BCUT2D eigenvalue weighted by atomic mass is 19.1. The summed E-state index contributed by atoms with van der Waals surface area (Å²) in [6.07, 6.45) is 0.655. The Bertz CT molecular complexity index is 645. The van der Waals surface area contributed by atoms with Gasteiger partial charge < -0.3 is 9.84 Å². The van der Waals surface area contributed by atoms with E-state index in [0.29, 0.717) is 23.5 Å². The molecular weight excluding hydrogens is 269 g/mol. The Labute approximate surface area is 123 Å². The molecule has 0 amide bonds. The van der Waals surface area contributed by atoms with Gasteiger partial charge in [-0.15, -0.1) is 0 Å². The zero-order valence-corrected chi connectivity index (χ0v) is 11.7. The molecule has 108 valence electrons. The van der Waals surface area contributed by atoms with Crippen LogP contribution in [0.5, 0.6) is 11.5 Å². The molecule has 0 spiro atoms. The van der Waals surface area contributed by atoms with Crippen LogP contribution in [0.2, 0.25) is 0 Å². The molecule has 3 nitrogen and oxygen atoms in total. The summed E-state index contributed by atoms with van der Waals surface area (Å²) in [5.74, 6) is 0.614. The highest BCUT2D eigenvalue weighted by Crippen LogP contribution is 2.29. The van der Waals surface area contributed by atoms with Gasteiger partial charge >= 0.3 is 0 Å². The summed E-state index contributed by atoms with van der Waals surface area (Å²) in [5.41, 5.74) is -0.336. The Morgan fingerprint density at radius 3 is 2.52 bits per heavy atom. The minimum atomic E-state index is -1.05. The molecule has 1 unspecified atom stereocenters. The van der Waals surface area contributed by atoms with Crippen molar-refractivity contribution in [3.8, 4) is 17.6 Å². The van der Waals surface area contributed by atoms with E-state index in [9.17, 15) is 9.50 Å². The molecule has 0 radical (unpaired) electrons. The Kier molecular flexibility index (Phi) is 4.56. The van der Waals surface area contributed by atoms with Crippen molar-refractivity contribution in [2.75, 3.05) is 0 Å². The van der Waals surface area contributed by atoms with Gasteiger partial charge in [-0.1, -0.05) is 18.2 Å². The second-order valence-corrected chi connectivity index (χ2v) is 5.02. The van der Waals surface area contributed by atoms with Gasteiger partial charge in [0.05, 0.1) is 11.7 Å². The molecule has 0 bridgehead atoms. The molecule has 2 aromatic rings. The van der Waals surface area contributed by atoms with E-state index in [1.165, 1.54) is 12.1 Å². The van der Waals surface area contributed by atoms with Gasteiger partial charge in [0.1, 0.15) is 17.3 Å². The van der Waals surface area contributed by atoms with Crippen molar-refractivity contribution in [2.45, 2.75) is 25.4 Å². The molecule has 4 heteroatoms. The zero-order valence-electron chi connectivity index (χ0n) is 11.7. The lowest BCUT2D eigenvalue weighted by Gasteiger charge is -2.22. The summed E-state index contributed by atoms with van der Waals surface area (Å²) in [4.78, 5) is 0. The number of hydrogen-bond acceptors (Lipinski definition) is 3. The smallest absolute Gasteiger partial charge is 0.130 e. The molecule has 21 heavy (non-hydrogen) atoms. The van der Waals surface area contributed by atoms with Gasteiger partial charge in [-0.2, -0.15) is 5.26 Å². The number of halogens is 1. The van der Waals surface area contributed by atoms with E-state index >= 15 is 0 Å². The van der Waals surface area contributed by atoms with E-state index in [1.807, 2.05) is 6.07 Å². The lowest BCUT2D eigenvalue weighted by atomic mass is 9.91. The van der Waals surface area contributed by atoms with Gasteiger partial charge in [0.2, 0.25) is 0 Å². The molecule has 0 saturated heterocycles. The molecule has 0 saturated carbocycles. The molecule has 0 aliphatic heterocycles. The van der Waals surface area contributed by atoms with Crippen LogP contribution in [0, 0.1) is 17.1 Å². The number of ether oxygens (including phenoxy) is 1. The number of nitriles is 1. The van der Waals surface area contributed by atoms with Crippen LogP contribution in [0.3, 0.4) is 0 Å². The summed E-state index contributed by atoms with van der Waals surface area (Å²) in [6, 6.07) is 14.8. The van der Waals surface area contributed by atoms with E-state index < -0.39 is 5.60 Å². The van der Waals surface area contributed by atoms with Gasteiger partial charge in [-0.05, 0) is 43.2 Å². The van der Waals surface area contributed by atoms with E-state index in [0.717, 1.165) is 0 Å². The predicted octanol–water partition coefficient (Wildman–Crippen LogP) is 4.13. The second-order valence-electron chi connectivity index (χ2n) is 5.02. The first-order chi connectivity index (χ1) is 10.0. The van der Waals surface area contributed by atoms with Crippen LogP contribution in [0.4, 0.5) is 4.39 Å². The van der Waals surface area contributed by atoms with Crippen molar-refractivity contribution < 1.29 is 14.2 Å². The van der Waals surface area contributed by atoms with Crippen LogP contribution in [-0.4, -0.2) is 5.11 Å². The molecule has 1 atom stereocenters. The summed E-state index contributed by atoms with van der Waals surface area (Å²) in [6.45, 7) is 1.67. The lowest BCUT2D eigenvalue weighted by Crippen LogP contribution is -2.20. The van der Waals surface area contributed by atoms with Crippen LogP contribution >= 0.6 is 0 Å². The van der Waals surface area contributed by atoms with E-state index in [1.54, 1.807) is 43.3 Å². The first-order valence-electron chi connectivity index (χ1n) is 6.64. The van der Waals surface area contributed by atoms with Crippen molar-refractivity contribution >= 4 is 0 Å². The maximum absolute atomic E-state index is 13.1. The predicted molar refractivity (Wildman–Crippen MR) is 77.3 cm³/mol. The monoisotopic (exact) mass is 285 g/mol. The maximum Gasteiger partial charge on any atom is 0.130 e. The fraction of sp³-hybridized carbons (Fsp3) is 0.235. The molecule has 0 aliphatic carbocycles. The fourth-order valence-corrected chi connectivity index (χ4v) is 1.99.